The van der Waals surface area contributed by atoms with E-state index in [1.807, 2.05) is 34.5 Å². The fraction of sp³-hybridized carbons (Fsp3) is 0.278. The van der Waals surface area contributed by atoms with Crippen LogP contribution in [0.4, 0.5) is 15.9 Å². The van der Waals surface area contributed by atoms with Gasteiger partial charge < -0.3 is 10.6 Å². The molecule has 0 saturated carbocycles. The lowest BCUT2D eigenvalue weighted by atomic mass is 10.2. The number of aryl methyl sites for hydroxylation is 1. The second-order valence-corrected chi connectivity index (χ2v) is 5.48. The molecular formula is C18H22FN5O. The Morgan fingerprint density at radius 2 is 2.08 bits per heavy atom. The quantitative estimate of drug-likeness (QED) is 0.722. The zero-order valence-electron chi connectivity index (χ0n) is 14.4. The Morgan fingerprint density at radius 3 is 2.76 bits per heavy atom. The smallest absolute Gasteiger partial charge is 0.204 e. The molecule has 1 aromatic carbocycles. The highest BCUT2D eigenvalue weighted by atomic mass is 19.1. The molecule has 0 aliphatic heterocycles. The van der Waals surface area contributed by atoms with Crippen LogP contribution in [0.25, 0.3) is 5.65 Å². The number of hydrogen-bond acceptors (Lipinski definition) is 4. The van der Waals surface area contributed by atoms with Crippen LogP contribution >= 0.6 is 0 Å². The minimum absolute atomic E-state index is 0.237. The van der Waals surface area contributed by atoms with E-state index in [1.54, 1.807) is 18.3 Å². The summed E-state index contributed by atoms with van der Waals surface area (Å²) in [5.41, 5.74) is 6.78. The molecule has 0 saturated heterocycles. The van der Waals surface area contributed by atoms with Gasteiger partial charge >= 0.3 is 0 Å². The first-order chi connectivity index (χ1) is 12.1. The normalized spacial score (nSPS) is 10.2. The van der Waals surface area contributed by atoms with Gasteiger partial charge in [0.25, 0.3) is 0 Å². The van der Waals surface area contributed by atoms with Crippen molar-refractivity contribution < 1.29 is 9.18 Å². The molecule has 3 aromatic rings. The third-order valence-corrected chi connectivity index (χ3v) is 3.65. The van der Waals surface area contributed by atoms with Crippen LogP contribution in [0.1, 0.15) is 25.5 Å². The van der Waals surface area contributed by atoms with Gasteiger partial charge in [0.05, 0.1) is 11.9 Å². The molecule has 0 spiro atoms. The number of carbonyl (C=O) groups excluding carboxylic acids is 1. The molecule has 1 amide bonds. The van der Waals surface area contributed by atoms with Crippen molar-refractivity contribution in [3.63, 3.8) is 0 Å². The summed E-state index contributed by atoms with van der Waals surface area (Å²) in [6.07, 6.45) is 4.13. The lowest BCUT2D eigenvalue weighted by Gasteiger charge is -2.23. The fourth-order valence-corrected chi connectivity index (χ4v) is 2.46. The Bertz CT molecular complexity index is 833. The molecule has 7 heteroatoms. The minimum Gasteiger partial charge on any atom is -0.372 e. The van der Waals surface area contributed by atoms with Crippen LogP contribution in [0.3, 0.4) is 0 Å². The zero-order valence-corrected chi connectivity index (χ0v) is 14.4. The van der Waals surface area contributed by atoms with Gasteiger partial charge in [-0.2, -0.15) is 0 Å². The van der Waals surface area contributed by atoms with Gasteiger partial charge in [0.15, 0.2) is 11.5 Å². The first-order valence-electron chi connectivity index (χ1n) is 8.10. The first-order valence-corrected chi connectivity index (χ1v) is 8.10. The van der Waals surface area contributed by atoms with E-state index in [9.17, 15) is 4.39 Å². The predicted octanol–water partition coefficient (Wildman–Crippen LogP) is 3.22. The molecule has 0 bridgehead atoms. The number of fused-ring (bicyclic) bond motifs is 1. The van der Waals surface area contributed by atoms with Crippen molar-refractivity contribution in [2.45, 2.75) is 26.7 Å². The molecule has 3 rings (SSSR count). The number of halogens is 1. The largest absolute Gasteiger partial charge is 0.372 e. The summed E-state index contributed by atoms with van der Waals surface area (Å²) >= 11 is 0. The maximum Gasteiger partial charge on any atom is 0.204 e. The number of rotatable bonds is 5. The Labute approximate surface area is 146 Å². The molecule has 2 aromatic heterocycles. The zero-order chi connectivity index (χ0) is 18.2. The van der Waals surface area contributed by atoms with E-state index in [4.69, 9.17) is 4.79 Å². The second kappa shape index (κ2) is 8.77. The molecule has 0 unspecified atom stereocenters. The summed E-state index contributed by atoms with van der Waals surface area (Å²) in [7, 11) is 0. The Hall–Kier alpha value is -2.96. The van der Waals surface area contributed by atoms with Gasteiger partial charge in [-0.3, -0.25) is 4.79 Å². The van der Waals surface area contributed by atoms with Crippen LogP contribution in [0.5, 0.6) is 0 Å². The van der Waals surface area contributed by atoms with Crippen molar-refractivity contribution in [1.82, 2.24) is 14.6 Å². The molecule has 0 aliphatic rings. The van der Waals surface area contributed by atoms with E-state index in [-0.39, 0.29) is 12.2 Å². The number of benzene rings is 1. The van der Waals surface area contributed by atoms with E-state index in [0.29, 0.717) is 0 Å². The molecule has 0 fully saturated rings. The summed E-state index contributed by atoms with van der Waals surface area (Å²) in [4.78, 5) is 14.9. The summed E-state index contributed by atoms with van der Waals surface area (Å²) < 4.78 is 15.4. The van der Waals surface area contributed by atoms with Crippen LogP contribution in [0.15, 0.2) is 42.6 Å². The van der Waals surface area contributed by atoms with E-state index >= 15 is 0 Å². The number of unbranched alkanes of at least 4 members (excludes halogenated alkanes) is 1. The van der Waals surface area contributed by atoms with E-state index < -0.39 is 0 Å². The number of nitrogens with two attached hydrogens (primary N) is 1. The topological polar surface area (TPSA) is 76.5 Å². The van der Waals surface area contributed by atoms with Crippen LogP contribution in [-0.2, 0) is 4.79 Å². The maximum absolute atomic E-state index is 13.6. The van der Waals surface area contributed by atoms with Crippen molar-refractivity contribution in [2.75, 3.05) is 11.4 Å². The summed E-state index contributed by atoms with van der Waals surface area (Å²) in [6, 6.07) is 10.5. The van der Waals surface area contributed by atoms with Crippen molar-refractivity contribution in [2.24, 2.45) is 5.73 Å². The molecule has 6 nitrogen and oxygen atoms in total. The number of primary amides is 1. The summed E-state index contributed by atoms with van der Waals surface area (Å²) in [5.74, 6) is 0.562. The lowest BCUT2D eigenvalue weighted by molar-refractivity contribution is -0.106. The van der Waals surface area contributed by atoms with Gasteiger partial charge in [-0.1, -0.05) is 19.4 Å². The summed E-state index contributed by atoms with van der Waals surface area (Å²) in [6.45, 7) is 4.90. The average molecular weight is 343 g/mol. The van der Waals surface area contributed by atoms with E-state index in [1.165, 1.54) is 6.07 Å². The Balaban J connectivity index is 0.000000701. The number of anilines is 2. The Kier molecular flexibility index (Phi) is 6.45. The first kappa shape index (κ1) is 18.4. The highest BCUT2D eigenvalue weighted by Crippen LogP contribution is 2.25. The van der Waals surface area contributed by atoms with Crippen molar-refractivity contribution in [1.29, 1.82) is 0 Å². The number of aromatic nitrogens is 3. The van der Waals surface area contributed by atoms with Crippen molar-refractivity contribution in [3.05, 3.63) is 54.1 Å². The molecule has 132 valence electrons. The van der Waals surface area contributed by atoms with Gasteiger partial charge in [-0.05, 0) is 43.7 Å². The van der Waals surface area contributed by atoms with Gasteiger partial charge in [0.2, 0.25) is 6.41 Å². The van der Waals surface area contributed by atoms with Crippen LogP contribution in [0, 0.1) is 12.7 Å². The van der Waals surface area contributed by atoms with Crippen LogP contribution in [0.2, 0.25) is 0 Å². The monoisotopic (exact) mass is 343 g/mol. The van der Waals surface area contributed by atoms with Gasteiger partial charge in [0, 0.05) is 12.2 Å². The number of imidazole rings is 1. The molecule has 25 heavy (non-hydrogen) atoms. The average Bonchev–Trinajstić information content (AvgIpc) is 2.97. The standard InChI is InChI=1S/C17H19FN4.CH3NO/c1-3-4-10-21(15-7-5-6-14(18)11-15)17-9-8-16-19-12-13(2)22(16)20-17;2-1-3/h5-9,11-12H,3-4,10H2,1-2H3;1H,(H2,2,3). The lowest BCUT2D eigenvalue weighted by Crippen LogP contribution is -2.20. The second-order valence-electron chi connectivity index (χ2n) is 5.48. The maximum atomic E-state index is 13.6. The van der Waals surface area contributed by atoms with E-state index in [2.05, 4.69) is 22.7 Å². The van der Waals surface area contributed by atoms with E-state index in [0.717, 1.165) is 42.2 Å². The van der Waals surface area contributed by atoms with Crippen molar-refractivity contribution in [3.8, 4) is 0 Å². The van der Waals surface area contributed by atoms with Crippen LogP contribution < -0.4 is 10.6 Å². The highest BCUT2D eigenvalue weighted by Gasteiger charge is 2.12. The van der Waals surface area contributed by atoms with Gasteiger partial charge in [0.1, 0.15) is 5.82 Å². The third-order valence-electron chi connectivity index (χ3n) is 3.65. The fourth-order valence-electron chi connectivity index (χ4n) is 2.46. The molecule has 0 radical (unpaired) electrons. The number of hydrogen-bond donors (Lipinski definition) is 1. The van der Waals surface area contributed by atoms with Gasteiger partial charge in [-0.25, -0.2) is 13.9 Å². The SMILES string of the molecule is CCCCN(c1cccc(F)c1)c1ccc2ncc(C)n2n1.NC=O. The number of carbonyl (C=O) groups is 1. The highest BCUT2D eigenvalue weighted by molar-refractivity contribution is 5.61. The summed E-state index contributed by atoms with van der Waals surface area (Å²) in [5, 5.41) is 4.65. The molecule has 0 atom stereocenters. The number of amides is 1. The molecule has 2 heterocycles. The predicted molar refractivity (Wildman–Crippen MR) is 96.3 cm³/mol. The van der Waals surface area contributed by atoms with Crippen LogP contribution in [-0.4, -0.2) is 27.6 Å². The molecular weight excluding hydrogens is 321 g/mol. The molecule has 0 aliphatic carbocycles. The third kappa shape index (κ3) is 4.53. The van der Waals surface area contributed by atoms with Crippen molar-refractivity contribution >= 4 is 23.6 Å². The number of nitrogens with zero attached hydrogens (tertiary/aromatic N) is 4. The molecule has 2 N–H and O–H groups in total. The van der Waals surface area contributed by atoms with Gasteiger partial charge in [-0.15, -0.1) is 5.10 Å². The minimum atomic E-state index is -0.237. The Morgan fingerprint density at radius 1 is 1.32 bits per heavy atom.